The van der Waals surface area contributed by atoms with Crippen LogP contribution in [-0.2, 0) is 16.8 Å². The van der Waals surface area contributed by atoms with E-state index in [-0.39, 0.29) is 17.1 Å². The van der Waals surface area contributed by atoms with Crippen molar-refractivity contribution in [2.45, 2.75) is 53.0 Å². The summed E-state index contributed by atoms with van der Waals surface area (Å²) in [6, 6.07) is 12.6. The zero-order valence-electron chi connectivity index (χ0n) is 23.3. The molecule has 6 heteroatoms. The number of thiophene rings is 1. The van der Waals surface area contributed by atoms with Crippen LogP contribution in [0.15, 0.2) is 61.8 Å². The smallest absolute Gasteiger partial charge is 0.219 e. The van der Waals surface area contributed by atoms with Gasteiger partial charge in [0.2, 0.25) is 11.6 Å². The number of nitriles is 1. The van der Waals surface area contributed by atoms with Crippen LogP contribution in [0.5, 0.6) is 5.75 Å². The maximum absolute atomic E-state index is 11.7. The molecule has 200 valence electrons. The van der Waals surface area contributed by atoms with Crippen molar-refractivity contribution in [3.05, 3.63) is 99.5 Å². The Bertz CT molecular complexity index is 1520. The minimum atomic E-state index is -0.280. The molecule has 0 saturated carbocycles. The minimum Gasteiger partial charge on any atom is -0.506 e. The van der Waals surface area contributed by atoms with Crippen LogP contribution in [0.2, 0.25) is 0 Å². The van der Waals surface area contributed by atoms with E-state index in [1.54, 1.807) is 30.4 Å². The number of pyridine rings is 1. The number of hydrogen-bond acceptors (Lipinski definition) is 4. The van der Waals surface area contributed by atoms with Gasteiger partial charge in [-0.15, -0.1) is 11.3 Å². The van der Waals surface area contributed by atoms with Gasteiger partial charge < -0.3 is 10.4 Å². The van der Waals surface area contributed by atoms with E-state index in [1.807, 2.05) is 39.1 Å². The quantitative estimate of drug-likeness (QED) is 0.179. The van der Waals surface area contributed by atoms with Crippen LogP contribution in [0.25, 0.3) is 29.5 Å². The second-order valence-electron chi connectivity index (χ2n) is 9.33. The predicted molar refractivity (Wildman–Crippen MR) is 162 cm³/mol. The van der Waals surface area contributed by atoms with Crippen molar-refractivity contribution < 1.29 is 14.5 Å². The maximum atomic E-state index is 11.7. The molecule has 1 amide bonds. The second-order valence-corrected chi connectivity index (χ2v) is 10.4. The number of nitrogens with one attached hydrogen (secondary N) is 1. The molecule has 5 nitrogen and oxygen atoms in total. The van der Waals surface area contributed by atoms with Crippen LogP contribution in [0.3, 0.4) is 0 Å². The highest BCUT2D eigenvalue weighted by Crippen LogP contribution is 2.39. The summed E-state index contributed by atoms with van der Waals surface area (Å²) in [5.41, 5.74) is 6.16. The fourth-order valence-electron chi connectivity index (χ4n) is 4.59. The zero-order chi connectivity index (χ0) is 28.7. The van der Waals surface area contributed by atoms with Gasteiger partial charge in [-0.3, -0.25) is 4.79 Å². The molecule has 4 rings (SSSR count). The van der Waals surface area contributed by atoms with Crippen LogP contribution < -0.4 is 9.88 Å². The molecule has 0 unspecified atom stereocenters. The molecule has 2 aromatic heterocycles. The molecule has 2 N–H and O–H groups in total. The molecular formula is C33H36N3O2S+. The van der Waals surface area contributed by atoms with Crippen LogP contribution in [-0.4, -0.2) is 11.0 Å². The maximum Gasteiger partial charge on any atom is 0.219 e. The van der Waals surface area contributed by atoms with Gasteiger partial charge in [0.15, 0.2) is 11.9 Å². The fraction of sp³-hybridized carbons (Fsp3) is 0.242. The van der Waals surface area contributed by atoms with E-state index >= 15 is 0 Å². The number of nitrogens with zero attached hydrogens (tertiary/aromatic N) is 2. The molecule has 0 atom stereocenters. The van der Waals surface area contributed by atoms with E-state index < -0.39 is 0 Å². The number of hydrogen-bond donors (Lipinski definition) is 2. The Hall–Kier alpha value is -4.21. The molecule has 0 saturated heterocycles. The monoisotopic (exact) mass is 538 g/mol. The van der Waals surface area contributed by atoms with E-state index in [0.29, 0.717) is 29.0 Å². The fourth-order valence-corrected chi connectivity index (χ4v) is 5.55. The Morgan fingerprint density at radius 2 is 1.92 bits per heavy atom. The van der Waals surface area contributed by atoms with Gasteiger partial charge in [0, 0.05) is 52.7 Å². The normalized spacial score (nSPS) is 13.1. The first-order chi connectivity index (χ1) is 18.7. The van der Waals surface area contributed by atoms with Crippen molar-refractivity contribution in [3.8, 4) is 17.5 Å². The number of fused-ring (bicyclic) bond motifs is 3. The molecule has 0 fully saturated rings. The molecule has 3 heterocycles. The minimum absolute atomic E-state index is 0.0310. The number of aromatic hydroxyl groups is 1. The number of benzene rings is 1. The average Bonchev–Trinajstić information content (AvgIpc) is 3.39. The van der Waals surface area contributed by atoms with Gasteiger partial charge in [0.05, 0.1) is 21.9 Å². The first-order valence-corrected chi connectivity index (χ1v) is 13.9. The standard InChI is InChI=1S/C31H29N3O2S.C2H6/c1-6-23-26(7-2)37-27(30(23)36)11-9-10-22(18-32)21-14-15-34-25-13-12-20(19-33-29(35)8-3)16-24(25)31(4,5)28(34)17-21;1-2/h6-7,9-17H,1-2,8,19H2,3-5H3,(H,33,35);1-2H3/p+1. The van der Waals surface area contributed by atoms with E-state index in [1.165, 1.54) is 16.9 Å². The van der Waals surface area contributed by atoms with E-state index in [9.17, 15) is 15.2 Å². The van der Waals surface area contributed by atoms with E-state index in [4.69, 9.17) is 0 Å². The molecule has 0 radical (unpaired) electrons. The van der Waals surface area contributed by atoms with Crippen molar-refractivity contribution in [3.63, 3.8) is 0 Å². The Morgan fingerprint density at radius 1 is 1.18 bits per heavy atom. The lowest BCUT2D eigenvalue weighted by molar-refractivity contribution is -0.599. The largest absolute Gasteiger partial charge is 0.506 e. The molecule has 39 heavy (non-hydrogen) atoms. The molecule has 0 bridgehead atoms. The predicted octanol–water partition coefficient (Wildman–Crippen LogP) is 7.33. The van der Waals surface area contributed by atoms with Crippen LogP contribution in [0.4, 0.5) is 0 Å². The highest BCUT2D eigenvalue weighted by molar-refractivity contribution is 7.14. The molecular weight excluding hydrogens is 502 g/mol. The van der Waals surface area contributed by atoms with Gasteiger partial charge in [-0.25, -0.2) is 0 Å². The van der Waals surface area contributed by atoms with Crippen molar-refractivity contribution in [1.82, 2.24) is 5.32 Å². The Morgan fingerprint density at radius 3 is 2.54 bits per heavy atom. The number of rotatable bonds is 8. The highest BCUT2D eigenvalue weighted by atomic mass is 32.1. The van der Waals surface area contributed by atoms with Gasteiger partial charge >= 0.3 is 0 Å². The third-order valence-corrected chi connectivity index (χ3v) is 7.86. The second kappa shape index (κ2) is 12.6. The zero-order valence-corrected chi connectivity index (χ0v) is 24.2. The summed E-state index contributed by atoms with van der Waals surface area (Å²) in [7, 11) is 0. The molecule has 0 spiro atoms. The summed E-state index contributed by atoms with van der Waals surface area (Å²) in [4.78, 5) is 13.2. The topological polar surface area (TPSA) is 77.0 Å². The van der Waals surface area contributed by atoms with Crippen LogP contribution >= 0.6 is 11.3 Å². The van der Waals surface area contributed by atoms with E-state index in [2.05, 4.69) is 61.2 Å². The third kappa shape index (κ3) is 5.79. The summed E-state index contributed by atoms with van der Waals surface area (Å²) in [6.45, 7) is 18.2. The number of carbonyl (C=O) groups excluding carboxylic acids is 1. The molecule has 3 aromatic rings. The summed E-state index contributed by atoms with van der Waals surface area (Å²) < 4.78 is 2.16. The number of amides is 1. The third-order valence-electron chi connectivity index (χ3n) is 6.71. The lowest BCUT2D eigenvalue weighted by atomic mass is 9.82. The lowest BCUT2D eigenvalue weighted by Gasteiger charge is -2.15. The summed E-state index contributed by atoms with van der Waals surface area (Å²) in [5.74, 6) is 0.198. The Labute approximate surface area is 235 Å². The summed E-state index contributed by atoms with van der Waals surface area (Å²) >= 11 is 1.42. The summed E-state index contributed by atoms with van der Waals surface area (Å²) in [6.07, 6.45) is 11.1. The van der Waals surface area contributed by atoms with Crippen molar-refractivity contribution in [2.75, 3.05) is 0 Å². The molecule has 1 aliphatic rings. The van der Waals surface area contributed by atoms with Gasteiger partial charge in [0.25, 0.3) is 0 Å². The Kier molecular flexibility index (Phi) is 9.45. The van der Waals surface area contributed by atoms with Gasteiger partial charge in [-0.2, -0.15) is 9.83 Å². The Balaban J connectivity index is 0.00000205. The number of allylic oxidation sites excluding steroid dienone is 3. The average molecular weight is 539 g/mol. The first-order valence-electron chi connectivity index (χ1n) is 13.1. The lowest BCUT2D eigenvalue weighted by Crippen LogP contribution is -2.34. The SMILES string of the molecule is C=Cc1sc(/C=C/C=C(\C#N)c2cc[n+]3c(c2)C(C)(C)c2cc(CNC(=O)CC)ccc2-3)c(O)c1C=C.CC. The molecule has 0 aliphatic carbocycles. The van der Waals surface area contributed by atoms with Crippen molar-refractivity contribution in [1.29, 1.82) is 5.26 Å². The highest BCUT2D eigenvalue weighted by Gasteiger charge is 2.43. The van der Waals surface area contributed by atoms with E-state index in [0.717, 1.165) is 27.4 Å². The first kappa shape index (κ1) is 29.3. The van der Waals surface area contributed by atoms with Gasteiger partial charge in [-0.05, 0) is 37.6 Å². The number of aromatic nitrogens is 1. The molecule has 1 aliphatic heterocycles. The summed E-state index contributed by atoms with van der Waals surface area (Å²) in [5, 5.41) is 23.3. The van der Waals surface area contributed by atoms with Crippen molar-refractivity contribution >= 4 is 41.0 Å². The van der Waals surface area contributed by atoms with Gasteiger partial charge in [-0.1, -0.05) is 58.2 Å². The van der Waals surface area contributed by atoms with Gasteiger partial charge in [0.1, 0.15) is 5.75 Å². The number of carbonyl (C=O) groups is 1. The van der Waals surface area contributed by atoms with Crippen molar-refractivity contribution in [2.24, 2.45) is 0 Å². The van der Waals surface area contributed by atoms with Crippen LogP contribution in [0, 0.1) is 11.3 Å². The van der Waals surface area contributed by atoms with Crippen LogP contribution in [0.1, 0.15) is 78.7 Å². The molecule has 1 aromatic carbocycles.